The van der Waals surface area contributed by atoms with Crippen LogP contribution >= 0.6 is 0 Å². The first-order valence-electron chi connectivity index (χ1n) is 7.14. The molecule has 0 atom stereocenters. The van der Waals surface area contributed by atoms with Crippen LogP contribution in [0.5, 0.6) is 0 Å². The number of primary amides is 1. The summed E-state index contributed by atoms with van der Waals surface area (Å²) in [6, 6.07) is 3.83. The second-order valence-corrected chi connectivity index (χ2v) is 5.54. The van der Waals surface area contributed by atoms with Crippen molar-refractivity contribution in [2.45, 2.75) is 26.3 Å². The second-order valence-electron chi connectivity index (χ2n) is 5.54. The highest BCUT2D eigenvalue weighted by atomic mass is 19.1. The summed E-state index contributed by atoms with van der Waals surface area (Å²) in [6.45, 7) is 4.98. The van der Waals surface area contributed by atoms with E-state index < -0.39 is 6.03 Å². The number of nitrogens with two attached hydrogens (primary N) is 1. The summed E-state index contributed by atoms with van der Waals surface area (Å²) in [5.41, 5.74) is 8.74. The number of hydrazone groups is 1. The van der Waals surface area contributed by atoms with Gasteiger partial charge in [-0.1, -0.05) is 13.0 Å². The van der Waals surface area contributed by atoms with Gasteiger partial charge in [-0.15, -0.1) is 0 Å². The van der Waals surface area contributed by atoms with Crippen LogP contribution in [0, 0.1) is 11.7 Å². The molecule has 1 saturated heterocycles. The van der Waals surface area contributed by atoms with E-state index in [1.54, 1.807) is 6.07 Å². The number of rotatable bonds is 4. The highest BCUT2D eigenvalue weighted by Crippen LogP contribution is 2.19. The van der Waals surface area contributed by atoms with Gasteiger partial charge in [0.05, 0.1) is 6.21 Å². The third-order valence-corrected chi connectivity index (χ3v) is 3.75. The first kappa shape index (κ1) is 15.4. The number of hydrogen-bond donors (Lipinski definition) is 2. The summed E-state index contributed by atoms with van der Waals surface area (Å²) in [6.07, 6.45) is 3.83. The maximum Gasteiger partial charge on any atom is 0.332 e. The highest BCUT2D eigenvalue weighted by molar-refractivity contribution is 5.83. The second kappa shape index (κ2) is 7.17. The first-order valence-corrected chi connectivity index (χ1v) is 7.14. The van der Waals surface area contributed by atoms with Gasteiger partial charge in [-0.25, -0.2) is 14.6 Å². The molecule has 114 valence electrons. The molecule has 1 heterocycles. The number of amides is 2. The Hall–Kier alpha value is -1.95. The molecule has 1 aliphatic heterocycles. The van der Waals surface area contributed by atoms with Gasteiger partial charge in [-0.2, -0.15) is 5.10 Å². The number of carbonyl (C=O) groups excluding carboxylic acids is 1. The minimum atomic E-state index is -0.722. The van der Waals surface area contributed by atoms with Crippen LogP contribution in [0.15, 0.2) is 23.3 Å². The fourth-order valence-electron chi connectivity index (χ4n) is 2.46. The van der Waals surface area contributed by atoms with Crippen LogP contribution in [-0.2, 0) is 6.54 Å². The van der Waals surface area contributed by atoms with Crippen LogP contribution in [0.25, 0.3) is 0 Å². The molecule has 0 saturated carbocycles. The molecule has 6 heteroatoms. The van der Waals surface area contributed by atoms with Crippen molar-refractivity contribution < 1.29 is 9.18 Å². The number of urea groups is 1. The van der Waals surface area contributed by atoms with Gasteiger partial charge in [-0.05, 0) is 55.1 Å². The quantitative estimate of drug-likeness (QED) is 0.658. The molecular weight excluding hydrogens is 271 g/mol. The first-order chi connectivity index (χ1) is 10.0. The normalized spacial score (nSPS) is 17.2. The molecule has 3 N–H and O–H groups in total. The van der Waals surface area contributed by atoms with Crippen molar-refractivity contribution in [3.05, 3.63) is 35.1 Å². The topological polar surface area (TPSA) is 70.7 Å². The molecule has 0 radical (unpaired) electrons. The van der Waals surface area contributed by atoms with Gasteiger partial charge in [0.2, 0.25) is 0 Å². The molecule has 1 aliphatic rings. The highest BCUT2D eigenvalue weighted by Gasteiger charge is 2.16. The summed E-state index contributed by atoms with van der Waals surface area (Å²) >= 11 is 0. The van der Waals surface area contributed by atoms with Gasteiger partial charge in [0.15, 0.2) is 0 Å². The Kier molecular flexibility index (Phi) is 5.27. The molecule has 1 fully saturated rings. The lowest BCUT2D eigenvalue weighted by Gasteiger charge is -2.30. The van der Waals surface area contributed by atoms with Crippen molar-refractivity contribution >= 4 is 12.2 Å². The molecule has 0 aromatic heterocycles. The standard InChI is InChI=1S/C15H21FN4O/c1-11-4-6-20(7-5-11)10-13-8-14(16)3-2-12(13)9-18-19-15(17)21/h2-3,8-9,11H,4-7,10H2,1H3,(H3,17,19,21). The van der Waals surface area contributed by atoms with Crippen molar-refractivity contribution in [2.75, 3.05) is 13.1 Å². The molecule has 2 rings (SSSR count). The van der Waals surface area contributed by atoms with Crippen molar-refractivity contribution in [3.63, 3.8) is 0 Å². The van der Waals surface area contributed by atoms with E-state index in [1.807, 2.05) is 0 Å². The molecule has 0 bridgehead atoms. The largest absolute Gasteiger partial charge is 0.350 e. The number of benzene rings is 1. The average molecular weight is 292 g/mol. The van der Waals surface area contributed by atoms with E-state index in [1.165, 1.54) is 31.2 Å². The predicted octanol–water partition coefficient (Wildman–Crippen LogP) is 2.06. The van der Waals surface area contributed by atoms with Gasteiger partial charge in [0, 0.05) is 6.54 Å². The fraction of sp³-hybridized carbons (Fsp3) is 0.467. The minimum absolute atomic E-state index is 0.268. The number of carbonyl (C=O) groups is 1. The van der Waals surface area contributed by atoms with Gasteiger partial charge in [0.1, 0.15) is 5.82 Å². The summed E-state index contributed by atoms with van der Waals surface area (Å²) in [7, 11) is 0. The monoisotopic (exact) mass is 292 g/mol. The van der Waals surface area contributed by atoms with Crippen LogP contribution in [0.1, 0.15) is 30.9 Å². The lowest BCUT2D eigenvalue weighted by Crippen LogP contribution is -2.32. The van der Waals surface area contributed by atoms with Gasteiger partial charge in [0.25, 0.3) is 0 Å². The smallest absolute Gasteiger partial charge is 0.332 e. The number of piperidine rings is 1. The maximum atomic E-state index is 13.5. The van der Waals surface area contributed by atoms with Gasteiger partial charge < -0.3 is 5.73 Å². The lowest BCUT2D eigenvalue weighted by atomic mass is 9.98. The van der Waals surface area contributed by atoms with Crippen LogP contribution in [0.3, 0.4) is 0 Å². The molecule has 21 heavy (non-hydrogen) atoms. The van der Waals surface area contributed by atoms with Crippen molar-refractivity contribution in [3.8, 4) is 0 Å². The lowest BCUT2D eigenvalue weighted by molar-refractivity contribution is 0.185. The molecule has 5 nitrogen and oxygen atoms in total. The molecule has 2 amide bonds. The number of nitrogens with one attached hydrogen (secondary N) is 1. The zero-order chi connectivity index (χ0) is 15.2. The maximum absolute atomic E-state index is 13.5. The summed E-state index contributed by atoms with van der Waals surface area (Å²) in [5, 5.41) is 3.75. The van der Waals surface area contributed by atoms with Crippen LogP contribution < -0.4 is 11.2 Å². The summed E-state index contributed by atoms with van der Waals surface area (Å²) in [5.74, 6) is 0.491. The Morgan fingerprint density at radius 1 is 1.52 bits per heavy atom. The zero-order valence-corrected chi connectivity index (χ0v) is 12.2. The average Bonchev–Trinajstić information content (AvgIpc) is 2.43. The van der Waals surface area contributed by atoms with Crippen molar-refractivity contribution in [1.29, 1.82) is 0 Å². The molecule has 1 aromatic carbocycles. The van der Waals surface area contributed by atoms with Crippen LogP contribution in [-0.4, -0.2) is 30.2 Å². The number of nitrogens with zero attached hydrogens (tertiary/aromatic N) is 2. The van der Waals surface area contributed by atoms with E-state index in [0.29, 0.717) is 6.54 Å². The Morgan fingerprint density at radius 2 is 2.24 bits per heavy atom. The molecule has 0 unspecified atom stereocenters. The van der Waals surface area contributed by atoms with E-state index >= 15 is 0 Å². The Labute approximate surface area is 124 Å². The van der Waals surface area contributed by atoms with E-state index in [0.717, 1.165) is 30.1 Å². The SMILES string of the molecule is CC1CCN(Cc2cc(F)ccc2C=NNC(N)=O)CC1. The Balaban J connectivity index is 2.07. The minimum Gasteiger partial charge on any atom is -0.350 e. The van der Waals surface area contributed by atoms with Crippen LogP contribution in [0.2, 0.25) is 0 Å². The molecule has 0 aliphatic carbocycles. The number of likely N-dealkylation sites (tertiary alicyclic amines) is 1. The molecule has 0 spiro atoms. The zero-order valence-electron chi connectivity index (χ0n) is 12.2. The summed E-state index contributed by atoms with van der Waals surface area (Å²) < 4.78 is 13.5. The van der Waals surface area contributed by atoms with Crippen molar-refractivity contribution in [1.82, 2.24) is 10.3 Å². The van der Waals surface area contributed by atoms with Gasteiger partial charge >= 0.3 is 6.03 Å². The van der Waals surface area contributed by atoms with Gasteiger partial charge in [-0.3, -0.25) is 4.90 Å². The van der Waals surface area contributed by atoms with E-state index in [2.05, 4.69) is 22.4 Å². The third kappa shape index (κ3) is 4.82. The Bertz CT molecular complexity index is 524. The molecule has 1 aromatic rings. The van der Waals surface area contributed by atoms with E-state index in [4.69, 9.17) is 5.73 Å². The van der Waals surface area contributed by atoms with E-state index in [-0.39, 0.29) is 5.82 Å². The Morgan fingerprint density at radius 3 is 2.90 bits per heavy atom. The third-order valence-electron chi connectivity index (χ3n) is 3.75. The van der Waals surface area contributed by atoms with Crippen LogP contribution in [0.4, 0.5) is 9.18 Å². The number of halogens is 1. The molecular formula is C15H21FN4O. The predicted molar refractivity (Wildman–Crippen MR) is 80.4 cm³/mol. The fourth-order valence-corrected chi connectivity index (χ4v) is 2.46. The van der Waals surface area contributed by atoms with E-state index in [9.17, 15) is 9.18 Å². The van der Waals surface area contributed by atoms with Crippen molar-refractivity contribution in [2.24, 2.45) is 16.8 Å². The number of hydrogen-bond acceptors (Lipinski definition) is 3. The summed E-state index contributed by atoms with van der Waals surface area (Å²) in [4.78, 5) is 12.9.